The fraction of sp³-hybridized carbons (Fsp3) is 0.615. The van der Waals surface area contributed by atoms with Gasteiger partial charge in [0.05, 0.1) is 11.8 Å². The number of piperazine rings is 1. The lowest BCUT2D eigenvalue weighted by Crippen LogP contribution is -2.43. The van der Waals surface area contributed by atoms with Crippen LogP contribution in [0.4, 0.5) is 0 Å². The Hall–Kier alpha value is -1.13. The quantitative estimate of drug-likeness (QED) is 0.853. The van der Waals surface area contributed by atoms with E-state index in [0.717, 1.165) is 44.3 Å². The van der Waals surface area contributed by atoms with Crippen LogP contribution in [0, 0.1) is 0 Å². The SMILES string of the molecule is CC(C)Oc1cccc(CN2CCNCC2)n1. The third-order valence-corrected chi connectivity index (χ3v) is 2.73. The van der Waals surface area contributed by atoms with Crippen LogP contribution >= 0.6 is 0 Å². The minimum Gasteiger partial charge on any atom is -0.475 e. The van der Waals surface area contributed by atoms with Crippen LogP contribution in [0.2, 0.25) is 0 Å². The highest BCUT2D eigenvalue weighted by Gasteiger charge is 2.11. The van der Waals surface area contributed by atoms with Crippen LogP contribution in [0.5, 0.6) is 5.88 Å². The lowest BCUT2D eigenvalue weighted by Gasteiger charge is -2.26. The average Bonchev–Trinajstić information content (AvgIpc) is 2.30. The van der Waals surface area contributed by atoms with E-state index in [1.165, 1.54) is 0 Å². The van der Waals surface area contributed by atoms with Crippen molar-refractivity contribution in [3.8, 4) is 5.88 Å². The zero-order chi connectivity index (χ0) is 12.1. The number of nitrogens with zero attached hydrogens (tertiary/aromatic N) is 2. The van der Waals surface area contributed by atoms with Crippen molar-refractivity contribution in [2.24, 2.45) is 0 Å². The summed E-state index contributed by atoms with van der Waals surface area (Å²) in [4.78, 5) is 6.94. The molecular weight excluding hydrogens is 214 g/mol. The molecule has 0 radical (unpaired) electrons. The highest BCUT2D eigenvalue weighted by atomic mass is 16.5. The van der Waals surface area contributed by atoms with Gasteiger partial charge in [0.2, 0.25) is 5.88 Å². The summed E-state index contributed by atoms with van der Waals surface area (Å²) in [6.07, 6.45) is 0.178. The molecule has 1 fully saturated rings. The molecule has 0 spiro atoms. The van der Waals surface area contributed by atoms with E-state index in [4.69, 9.17) is 4.74 Å². The molecule has 2 rings (SSSR count). The normalized spacial score (nSPS) is 17.4. The highest BCUT2D eigenvalue weighted by Crippen LogP contribution is 2.11. The predicted molar refractivity (Wildman–Crippen MR) is 68.1 cm³/mol. The van der Waals surface area contributed by atoms with E-state index in [9.17, 15) is 0 Å². The second-order valence-electron chi connectivity index (χ2n) is 4.66. The molecule has 0 unspecified atom stereocenters. The Kier molecular flexibility index (Phi) is 4.34. The number of aromatic nitrogens is 1. The minimum atomic E-state index is 0.178. The number of pyridine rings is 1. The molecule has 94 valence electrons. The Bertz CT molecular complexity index is 348. The first kappa shape index (κ1) is 12.3. The summed E-state index contributed by atoms with van der Waals surface area (Å²) >= 11 is 0. The summed E-state index contributed by atoms with van der Waals surface area (Å²) in [5.41, 5.74) is 1.09. The number of rotatable bonds is 4. The lowest BCUT2D eigenvalue weighted by atomic mass is 10.3. The first-order chi connectivity index (χ1) is 8.24. The van der Waals surface area contributed by atoms with Gasteiger partial charge >= 0.3 is 0 Å². The van der Waals surface area contributed by atoms with E-state index >= 15 is 0 Å². The summed E-state index contributed by atoms with van der Waals surface area (Å²) < 4.78 is 5.60. The largest absolute Gasteiger partial charge is 0.475 e. The summed E-state index contributed by atoms with van der Waals surface area (Å²) in [5, 5.41) is 3.35. The molecule has 1 aromatic rings. The van der Waals surface area contributed by atoms with Gasteiger partial charge in [-0.15, -0.1) is 0 Å². The third kappa shape index (κ3) is 3.98. The summed E-state index contributed by atoms with van der Waals surface area (Å²) in [6.45, 7) is 9.28. The Morgan fingerprint density at radius 2 is 2.12 bits per heavy atom. The molecule has 17 heavy (non-hydrogen) atoms. The van der Waals surface area contributed by atoms with E-state index < -0.39 is 0 Å². The van der Waals surface area contributed by atoms with Crippen molar-refractivity contribution in [1.82, 2.24) is 15.2 Å². The van der Waals surface area contributed by atoms with Gasteiger partial charge in [-0.1, -0.05) is 6.07 Å². The second kappa shape index (κ2) is 5.98. The number of nitrogens with one attached hydrogen (secondary N) is 1. The van der Waals surface area contributed by atoms with Gasteiger partial charge in [0, 0.05) is 38.8 Å². The standard InChI is InChI=1S/C13H21N3O/c1-11(2)17-13-5-3-4-12(15-13)10-16-8-6-14-7-9-16/h3-5,11,14H,6-10H2,1-2H3. The first-order valence-corrected chi connectivity index (χ1v) is 6.30. The lowest BCUT2D eigenvalue weighted by molar-refractivity contribution is 0.220. The van der Waals surface area contributed by atoms with Gasteiger partial charge in [0.15, 0.2) is 0 Å². The monoisotopic (exact) mass is 235 g/mol. The van der Waals surface area contributed by atoms with Gasteiger partial charge in [-0.3, -0.25) is 4.90 Å². The topological polar surface area (TPSA) is 37.4 Å². The maximum atomic E-state index is 5.60. The van der Waals surface area contributed by atoms with Crippen LogP contribution in [-0.2, 0) is 6.54 Å². The van der Waals surface area contributed by atoms with Crippen molar-refractivity contribution >= 4 is 0 Å². The Morgan fingerprint density at radius 1 is 1.35 bits per heavy atom. The molecule has 1 N–H and O–H groups in total. The Balaban J connectivity index is 1.95. The molecular formula is C13H21N3O. The molecule has 0 aromatic carbocycles. The van der Waals surface area contributed by atoms with Gasteiger partial charge in [0.25, 0.3) is 0 Å². The maximum Gasteiger partial charge on any atom is 0.213 e. The van der Waals surface area contributed by atoms with E-state index in [0.29, 0.717) is 0 Å². The molecule has 1 saturated heterocycles. The molecule has 1 aromatic heterocycles. The van der Waals surface area contributed by atoms with Crippen molar-refractivity contribution in [3.63, 3.8) is 0 Å². The Labute approximate surface area is 103 Å². The Morgan fingerprint density at radius 3 is 2.82 bits per heavy atom. The summed E-state index contributed by atoms with van der Waals surface area (Å²) in [7, 11) is 0. The summed E-state index contributed by atoms with van der Waals surface area (Å²) in [5.74, 6) is 0.729. The van der Waals surface area contributed by atoms with Crippen molar-refractivity contribution in [1.29, 1.82) is 0 Å². The number of ether oxygens (including phenoxy) is 1. The predicted octanol–water partition coefficient (Wildman–Crippen LogP) is 1.27. The molecule has 0 atom stereocenters. The van der Waals surface area contributed by atoms with Crippen molar-refractivity contribution in [2.45, 2.75) is 26.5 Å². The van der Waals surface area contributed by atoms with Crippen molar-refractivity contribution in [2.75, 3.05) is 26.2 Å². The van der Waals surface area contributed by atoms with Crippen molar-refractivity contribution in [3.05, 3.63) is 23.9 Å². The zero-order valence-corrected chi connectivity index (χ0v) is 10.6. The van der Waals surface area contributed by atoms with E-state index in [1.807, 2.05) is 26.0 Å². The van der Waals surface area contributed by atoms with E-state index in [1.54, 1.807) is 0 Å². The molecule has 1 aliphatic heterocycles. The second-order valence-corrected chi connectivity index (χ2v) is 4.66. The molecule has 0 amide bonds. The van der Waals surface area contributed by atoms with E-state index in [-0.39, 0.29) is 6.10 Å². The first-order valence-electron chi connectivity index (χ1n) is 6.30. The van der Waals surface area contributed by atoms with Gasteiger partial charge in [-0.05, 0) is 19.9 Å². The molecule has 1 aliphatic rings. The van der Waals surface area contributed by atoms with Gasteiger partial charge < -0.3 is 10.1 Å². The third-order valence-electron chi connectivity index (χ3n) is 2.73. The molecule has 0 bridgehead atoms. The van der Waals surface area contributed by atoms with Crippen LogP contribution in [0.15, 0.2) is 18.2 Å². The molecule has 0 saturated carbocycles. The van der Waals surface area contributed by atoms with E-state index in [2.05, 4.69) is 21.3 Å². The fourth-order valence-corrected chi connectivity index (χ4v) is 1.95. The maximum absolute atomic E-state index is 5.60. The fourth-order valence-electron chi connectivity index (χ4n) is 1.95. The van der Waals surface area contributed by atoms with Crippen LogP contribution < -0.4 is 10.1 Å². The van der Waals surface area contributed by atoms with Gasteiger partial charge in [-0.25, -0.2) is 4.98 Å². The van der Waals surface area contributed by atoms with Crippen LogP contribution in [-0.4, -0.2) is 42.2 Å². The zero-order valence-electron chi connectivity index (χ0n) is 10.6. The smallest absolute Gasteiger partial charge is 0.213 e. The molecule has 4 nitrogen and oxygen atoms in total. The summed E-state index contributed by atoms with van der Waals surface area (Å²) in [6, 6.07) is 6.00. The highest BCUT2D eigenvalue weighted by molar-refractivity contribution is 5.16. The van der Waals surface area contributed by atoms with Gasteiger partial charge in [-0.2, -0.15) is 0 Å². The molecule has 2 heterocycles. The number of hydrogen-bond acceptors (Lipinski definition) is 4. The van der Waals surface area contributed by atoms with Crippen LogP contribution in [0.25, 0.3) is 0 Å². The van der Waals surface area contributed by atoms with Crippen LogP contribution in [0.1, 0.15) is 19.5 Å². The molecule has 4 heteroatoms. The number of hydrogen-bond donors (Lipinski definition) is 1. The average molecular weight is 235 g/mol. The molecule has 0 aliphatic carbocycles. The minimum absolute atomic E-state index is 0.178. The van der Waals surface area contributed by atoms with Gasteiger partial charge in [0.1, 0.15) is 0 Å². The van der Waals surface area contributed by atoms with Crippen molar-refractivity contribution < 1.29 is 4.74 Å². The van der Waals surface area contributed by atoms with Crippen LogP contribution in [0.3, 0.4) is 0 Å².